The molecule has 1 aromatic heterocycles. The van der Waals surface area contributed by atoms with Gasteiger partial charge in [0.2, 0.25) is 5.91 Å². The Bertz CT molecular complexity index is 711. The molecule has 7 heteroatoms. The van der Waals surface area contributed by atoms with Crippen molar-refractivity contribution < 1.29 is 9.59 Å². The lowest BCUT2D eigenvalue weighted by Crippen LogP contribution is -2.36. The van der Waals surface area contributed by atoms with Crippen LogP contribution in [0.2, 0.25) is 0 Å². The zero-order valence-corrected chi connectivity index (χ0v) is 16.3. The summed E-state index contributed by atoms with van der Waals surface area (Å²) in [6.45, 7) is 6.51. The van der Waals surface area contributed by atoms with Gasteiger partial charge in [0.25, 0.3) is 5.91 Å². The van der Waals surface area contributed by atoms with Gasteiger partial charge in [-0.2, -0.15) is 0 Å². The molecule has 0 bridgehead atoms. The van der Waals surface area contributed by atoms with Crippen LogP contribution in [-0.4, -0.2) is 29.9 Å². The number of hydrogen-bond donors (Lipinski definition) is 2. The van der Waals surface area contributed by atoms with Gasteiger partial charge in [-0.05, 0) is 24.6 Å². The van der Waals surface area contributed by atoms with Gasteiger partial charge in [-0.3, -0.25) is 9.59 Å². The molecule has 25 heavy (non-hydrogen) atoms. The first-order valence-electron chi connectivity index (χ1n) is 8.15. The topological polar surface area (TPSA) is 71.1 Å². The normalized spacial score (nSPS) is 10.7. The van der Waals surface area contributed by atoms with Crippen LogP contribution in [0, 0.1) is 12.8 Å². The fourth-order valence-electron chi connectivity index (χ4n) is 1.96. The van der Waals surface area contributed by atoms with E-state index in [4.69, 9.17) is 0 Å². The van der Waals surface area contributed by atoms with Crippen LogP contribution in [0.1, 0.15) is 35.5 Å². The summed E-state index contributed by atoms with van der Waals surface area (Å²) in [5.74, 6) is 0.644. The molecule has 1 heterocycles. The molecule has 0 saturated carbocycles. The number of aryl methyl sites for hydroxylation is 1. The SMILES string of the molecule is Cc1csc(SCc2ccc(C(=O)NCCNC(=O)C(C)C)cc2)n1. The van der Waals surface area contributed by atoms with Gasteiger partial charge in [0.05, 0.1) is 0 Å². The third-order valence-corrected chi connectivity index (χ3v) is 5.62. The quantitative estimate of drug-likeness (QED) is 0.547. The molecule has 0 aliphatic heterocycles. The molecular formula is C18H23N3O2S2. The summed E-state index contributed by atoms with van der Waals surface area (Å²) in [4.78, 5) is 27.9. The number of carbonyl (C=O) groups excluding carboxylic acids is 2. The molecule has 0 aliphatic rings. The number of amides is 2. The summed E-state index contributed by atoms with van der Waals surface area (Å²) < 4.78 is 1.06. The van der Waals surface area contributed by atoms with Gasteiger partial charge < -0.3 is 10.6 Å². The molecule has 2 amide bonds. The van der Waals surface area contributed by atoms with Gasteiger partial charge in [0.15, 0.2) is 0 Å². The number of benzene rings is 1. The maximum absolute atomic E-state index is 12.1. The zero-order chi connectivity index (χ0) is 18.2. The third kappa shape index (κ3) is 6.51. The van der Waals surface area contributed by atoms with E-state index in [1.165, 1.54) is 0 Å². The first-order chi connectivity index (χ1) is 12.0. The predicted octanol–water partition coefficient (Wildman–Crippen LogP) is 3.25. The molecule has 2 rings (SSSR count). The molecule has 2 N–H and O–H groups in total. The number of hydrogen-bond acceptors (Lipinski definition) is 5. The summed E-state index contributed by atoms with van der Waals surface area (Å²) in [5, 5.41) is 7.62. The van der Waals surface area contributed by atoms with Gasteiger partial charge in [0.1, 0.15) is 4.34 Å². The fraction of sp³-hybridized carbons (Fsp3) is 0.389. The van der Waals surface area contributed by atoms with E-state index in [0.717, 1.165) is 21.3 Å². The maximum atomic E-state index is 12.1. The summed E-state index contributed by atoms with van der Waals surface area (Å²) in [6, 6.07) is 7.57. The lowest BCUT2D eigenvalue weighted by molar-refractivity contribution is -0.123. The Labute approximate surface area is 156 Å². The first-order valence-corrected chi connectivity index (χ1v) is 10.0. The second-order valence-electron chi connectivity index (χ2n) is 5.94. The third-order valence-electron chi connectivity index (χ3n) is 3.41. The van der Waals surface area contributed by atoms with Crippen LogP contribution in [-0.2, 0) is 10.5 Å². The Morgan fingerprint density at radius 1 is 1.16 bits per heavy atom. The van der Waals surface area contributed by atoms with Crippen molar-refractivity contribution in [1.82, 2.24) is 15.6 Å². The fourth-order valence-corrected chi connectivity index (χ4v) is 3.77. The number of carbonyl (C=O) groups is 2. The summed E-state index contributed by atoms with van der Waals surface area (Å²) in [7, 11) is 0. The largest absolute Gasteiger partial charge is 0.354 e. The number of nitrogens with one attached hydrogen (secondary N) is 2. The highest BCUT2D eigenvalue weighted by molar-refractivity contribution is 8.00. The van der Waals surface area contributed by atoms with Crippen LogP contribution in [0.5, 0.6) is 0 Å². The Balaban J connectivity index is 1.74. The standard InChI is InChI=1S/C18H23N3O2S2/c1-12(2)16(22)19-8-9-20-17(23)15-6-4-14(5-7-15)11-25-18-21-13(3)10-24-18/h4-7,10,12H,8-9,11H2,1-3H3,(H,19,22)(H,20,23). The minimum atomic E-state index is -0.131. The van der Waals surface area contributed by atoms with Crippen molar-refractivity contribution in [2.45, 2.75) is 30.9 Å². The Hall–Kier alpha value is -1.86. The van der Waals surface area contributed by atoms with E-state index >= 15 is 0 Å². The molecule has 1 aromatic carbocycles. The summed E-state index contributed by atoms with van der Waals surface area (Å²) >= 11 is 3.35. The minimum absolute atomic E-state index is 0.00785. The highest BCUT2D eigenvalue weighted by Gasteiger charge is 2.08. The molecule has 2 aromatic rings. The van der Waals surface area contributed by atoms with Gasteiger partial charge >= 0.3 is 0 Å². The Morgan fingerprint density at radius 2 is 1.84 bits per heavy atom. The van der Waals surface area contributed by atoms with E-state index in [1.807, 2.05) is 50.4 Å². The lowest BCUT2D eigenvalue weighted by Gasteiger charge is -2.09. The predicted molar refractivity (Wildman–Crippen MR) is 103 cm³/mol. The second kappa shape index (κ2) is 9.58. The number of rotatable bonds is 8. The molecular weight excluding hydrogens is 354 g/mol. The van der Waals surface area contributed by atoms with Crippen LogP contribution < -0.4 is 10.6 Å². The van der Waals surface area contributed by atoms with Crippen molar-refractivity contribution >= 4 is 34.9 Å². The van der Waals surface area contributed by atoms with E-state index in [0.29, 0.717) is 18.7 Å². The average molecular weight is 378 g/mol. The molecule has 0 radical (unpaired) electrons. The van der Waals surface area contributed by atoms with E-state index in [9.17, 15) is 9.59 Å². The van der Waals surface area contributed by atoms with Crippen molar-refractivity contribution in [2.75, 3.05) is 13.1 Å². The van der Waals surface area contributed by atoms with Gasteiger partial charge in [-0.1, -0.05) is 37.7 Å². The molecule has 134 valence electrons. The maximum Gasteiger partial charge on any atom is 0.251 e. The zero-order valence-electron chi connectivity index (χ0n) is 14.7. The van der Waals surface area contributed by atoms with Crippen LogP contribution >= 0.6 is 23.1 Å². The smallest absolute Gasteiger partial charge is 0.251 e. The van der Waals surface area contributed by atoms with E-state index < -0.39 is 0 Å². The van der Waals surface area contributed by atoms with Gasteiger partial charge in [-0.15, -0.1) is 11.3 Å². The monoisotopic (exact) mass is 377 g/mol. The number of nitrogens with zero attached hydrogens (tertiary/aromatic N) is 1. The molecule has 5 nitrogen and oxygen atoms in total. The van der Waals surface area contributed by atoms with E-state index in [2.05, 4.69) is 15.6 Å². The summed E-state index contributed by atoms with van der Waals surface area (Å²) in [5.41, 5.74) is 2.82. The van der Waals surface area contributed by atoms with Crippen molar-refractivity contribution in [3.8, 4) is 0 Å². The molecule has 0 aliphatic carbocycles. The van der Waals surface area contributed by atoms with E-state index in [1.54, 1.807) is 23.1 Å². The van der Waals surface area contributed by atoms with Crippen molar-refractivity contribution in [1.29, 1.82) is 0 Å². The first kappa shape index (κ1) is 19.5. The second-order valence-corrected chi connectivity index (χ2v) is 8.02. The highest BCUT2D eigenvalue weighted by Crippen LogP contribution is 2.26. The molecule has 0 spiro atoms. The highest BCUT2D eigenvalue weighted by atomic mass is 32.2. The van der Waals surface area contributed by atoms with Crippen molar-refractivity contribution in [2.24, 2.45) is 5.92 Å². The van der Waals surface area contributed by atoms with Crippen LogP contribution in [0.4, 0.5) is 0 Å². The van der Waals surface area contributed by atoms with Crippen molar-refractivity contribution in [3.05, 3.63) is 46.5 Å². The number of aromatic nitrogens is 1. The number of thiazole rings is 1. The van der Waals surface area contributed by atoms with Crippen LogP contribution in [0.3, 0.4) is 0 Å². The summed E-state index contributed by atoms with van der Waals surface area (Å²) in [6.07, 6.45) is 0. The van der Waals surface area contributed by atoms with Gasteiger partial charge in [-0.25, -0.2) is 4.98 Å². The Kier molecular flexibility index (Phi) is 7.46. The average Bonchev–Trinajstić information content (AvgIpc) is 3.02. The Morgan fingerprint density at radius 3 is 2.44 bits per heavy atom. The van der Waals surface area contributed by atoms with Crippen molar-refractivity contribution in [3.63, 3.8) is 0 Å². The molecule has 0 atom stereocenters. The lowest BCUT2D eigenvalue weighted by atomic mass is 10.1. The minimum Gasteiger partial charge on any atom is -0.354 e. The van der Waals surface area contributed by atoms with E-state index in [-0.39, 0.29) is 17.7 Å². The van der Waals surface area contributed by atoms with Crippen LogP contribution in [0.15, 0.2) is 34.0 Å². The van der Waals surface area contributed by atoms with Crippen LogP contribution in [0.25, 0.3) is 0 Å². The molecule has 0 saturated heterocycles. The molecule has 0 unspecified atom stereocenters. The number of thioether (sulfide) groups is 1. The van der Waals surface area contributed by atoms with Gasteiger partial charge in [0, 0.05) is 41.4 Å². The molecule has 0 fully saturated rings.